The summed E-state index contributed by atoms with van der Waals surface area (Å²) in [5.41, 5.74) is 5.67. The van der Waals surface area contributed by atoms with Crippen molar-refractivity contribution in [3.8, 4) is 0 Å². The second-order valence-electron chi connectivity index (χ2n) is 4.42. The molecule has 0 amide bonds. The van der Waals surface area contributed by atoms with Gasteiger partial charge in [0, 0.05) is 17.8 Å². The van der Waals surface area contributed by atoms with Gasteiger partial charge in [-0.15, -0.1) is 0 Å². The van der Waals surface area contributed by atoms with Gasteiger partial charge in [-0.3, -0.25) is 0 Å². The SMILES string of the molecule is Cc1c(F)cc(N)cc1S(=O)(=O)NCC1CC1. The van der Waals surface area contributed by atoms with Crippen molar-refractivity contribution in [3.63, 3.8) is 0 Å². The lowest BCUT2D eigenvalue weighted by Gasteiger charge is -2.10. The van der Waals surface area contributed by atoms with Gasteiger partial charge in [-0.1, -0.05) is 0 Å². The van der Waals surface area contributed by atoms with Crippen LogP contribution in [0.25, 0.3) is 0 Å². The van der Waals surface area contributed by atoms with E-state index in [9.17, 15) is 12.8 Å². The third-order valence-electron chi connectivity index (χ3n) is 2.87. The molecule has 0 spiro atoms. The minimum atomic E-state index is -3.66. The van der Waals surface area contributed by atoms with Gasteiger partial charge in [0.05, 0.1) is 4.90 Å². The molecule has 1 aliphatic rings. The van der Waals surface area contributed by atoms with Crippen molar-refractivity contribution < 1.29 is 12.8 Å². The van der Waals surface area contributed by atoms with E-state index in [1.165, 1.54) is 13.0 Å². The lowest BCUT2D eigenvalue weighted by Crippen LogP contribution is -2.26. The Morgan fingerprint density at radius 1 is 1.47 bits per heavy atom. The number of halogens is 1. The molecule has 94 valence electrons. The summed E-state index contributed by atoms with van der Waals surface area (Å²) in [5.74, 6) is -0.173. The summed E-state index contributed by atoms with van der Waals surface area (Å²) in [6.45, 7) is 1.85. The number of anilines is 1. The lowest BCUT2D eigenvalue weighted by atomic mass is 10.2. The molecule has 3 N–H and O–H groups in total. The van der Waals surface area contributed by atoms with E-state index in [1.54, 1.807) is 0 Å². The molecule has 17 heavy (non-hydrogen) atoms. The maximum absolute atomic E-state index is 13.4. The fourth-order valence-corrected chi connectivity index (χ4v) is 2.98. The number of nitrogens with two attached hydrogens (primary N) is 1. The standard InChI is InChI=1S/C11H15FN2O2S/c1-7-10(12)4-9(13)5-11(7)17(15,16)14-6-8-2-3-8/h4-5,8,14H,2-3,6,13H2,1H3. The van der Waals surface area contributed by atoms with E-state index in [4.69, 9.17) is 5.73 Å². The fraction of sp³-hybridized carbons (Fsp3) is 0.455. The molecule has 0 aromatic heterocycles. The Kier molecular flexibility index (Phi) is 3.09. The van der Waals surface area contributed by atoms with E-state index in [0.29, 0.717) is 12.5 Å². The van der Waals surface area contributed by atoms with Crippen molar-refractivity contribution >= 4 is 15.7 Å². The number of hydrogen-bond acceptors (Lipinski definition) is 3. The minimum absolute atomic E-state index is 0.0735. The molecule has 1 fully saturated rings. The number of nitrogen functional groups attached to an aromatic ring is 1. The summed E-state index contributed by atoms with van der Waals surface area (Å²) in [5, 5.41) is 0. The maximum atomic E-state index is 13.4. The molecule has 0 aliphatic heterocycles. The highest BCUT2D eigenvalue weighted by Gasteiger charge is 2.25. The van der Waals surface area contributed by atoms with Crippen molar-refractivity contribution in [1.29, 1.82) is 0 Å². The normalized spacial score (nSPS) is 16.1. The summed E-state index contributed by atoms with van der Waals surface area (Å²) in [6, 6.07) is 2.41. The summed E-state index contributed by atoms with van der Waals surface area (Å²) >= 11 is 0. The van der Waals surface area contributed by atoms with Crippen LogP contribution in [-0.4, -0.2) is 15.0 Å². The first-order valence-corrected chi connectivity index (χ1v) is 6.94. The molecule has 1 aromatic rings. The Morgan fingerprint density at radius 2 is 2.12 bits per heavy atom. The van der Waals surface area contributed by atoms with Gasteiger partial charge in [0.1, 0.15) is 5.82 Å². The van der Waals surface area contributed by atoms with Crippen molar-refractivity contribution in [2.75, 3.05) is 12.3 Å². The van der Waals surface area contributed by atoms with Crippen LogP contribution in [-0.2, 0) is 10.0 Å². The van der Waals surface area contributed by atoms with Crippen LogP contribution in [0.2, 0.25) is 0 Å². The largest absolute Gasteiger partial charge is 0.399 e. The first-order chi connectivity index (χ1) is 7.90. The van der Waals surface area contributed by atoms with E-state index in [1.807, 2.05) is 0 Å². The van der Waals surface area contributed by atoms with Gasteiger partial charge in [-0.05, 0) is 37.8 Å². The number of rotatable bonds is 4. The summed E-state index contributed by atoms with van der Waals surface area (Å²) in [6.07, 6.45) is 2.10. The van der Waals surface area contributed by atoms with E-state index in [2.05, 4.69) is 4.72 Å². The number of hydrogen-bond donors (Lipinski definition) is 2. The van der Waals surface area contributed by atoms with Gasteiger partial charge in [0.2, 0.25) is 10.0 Å². The second-order valence-corrected chi connectivity index (χ2v) is 6.16. The lowest BCUT2D eigenvalue weighted by molar-refractivity contribution is 0.571. The molecule has 0 heterocycles. The van der Waals surface area contributed by atoms with Crippen molar-refractivity contribution in [2.24, 2.45) is 5.92 Å². The van der Waals surface area contributed by atoms with Gasteiger partial charge >= 0.3 is 0 Å². The molecular weight excluding hydrogens is 243 g/mol. The fourth-order valence-electron chi connectivity index (χ4n) is 1.58. The van der Waals surface area contributed by atoms with Crippen molar-refractivity contribution in [2.45, 2.75) is 24.7 Å². The zero-order valence-electron chi connectivity index (χ0n) is 9.53. The van der Waals surface area contributed by atoms with Gasteiger partial charge in [-0.2, -0.15) is 0 Å². The zero-order valence-corrected chi connectivity index (χ0v) is 10.3. The summed E-state index contributed by atoms with van der Waals surface area (Å²) < 4.78 is 39.8. The molecular formula is C11H15FN2O2S. The number of sulfonamides is 1. The van der Waals surface area contributed by atoms with Crippen LogP contribution in [0.1, 0.15) is 18.4 Å². The van der Waals surface area contributed by atoms with Crippen LogP contribution >= 0.6 is 0 Å². The first-order valence-electron chi connectivity index (χ1n) is 5.45. The van der Waals surface area contributed by atoms with Crippen LogP contribution in [0.3, 0.4) is 0 Å². The van der Waals surface area contributed by atoms with Crippen LogP contribution in [0.15, 0.2) is 17.0 Å². The Balaban J connectivity index is 2.30. The third kappa shape index (κ3) is 2.76. The number of nitrogens with one attached hydrogen (secondary N) is 1. The number of benzene rings is 1. The van der Waals surface area contributed by atoms with Crippen LogP contribution < -0.4 is 10.5 Å². The smallest absolute Gasteiger partial charge is 0.241 e. The van der Waals surface area contributed by atoms with Gasteiger partial charge < -0.3 is 5.73 Å². The highest BCUT2D eigenvalue weighted by atomic mass is 32.2. The van der Waals surface area contributed by atoms with Gasteiger partial charge in [0.25, 0.3) is 0 Å². The summed E-state index contributed by atoms with van der Waals surface area (Å²) in [4.78, 5) is -0.0735. The highest BCUT2D eigenvalue weighted by Crippen LogP contribution is 2.28. The van der Waals surface area contributed by atoms with Crippen LogP contribution in [0.5, 0.6) is 0 Å². The molecule has 1 aliphatic carbocycles. The van der Waals surface area contributed by atoms with Crippen LogP contribution in [0, 0.1) is 18.7 Å². The third-order valence-corrected chi connectivity index (χ3v) is 4.42. The van der Waals surface area contributed by atoms with Crippen LogP contribution in [0.4, 0.5) is 10.1 Å². The van der Waals surface area contributed by atoms with Crippen molar-refractivity contribution in [1.82, 2.24) is 4.72 Å². The Bertz CT molecular complexity index is 539. The first kappa shape index (κ1) is 12.3. The molecule has 0 unspecified atom stereocenters. The molecule has 1 saturated carbocycles. The molecule has 2 rings (SSSR count). The van der Waals surface area contributed by atoms with Crippen molar-refractivity contribution in [3.05, 3.63) is 23.5 Å². The molecule has 1 aromatic carbocycles. The zero-order chi connectivity index (χ0) is 12.6. The van der Waals surface area contributed by atoms with Gasteiger partial charge in [-0.25, -0.2) is 17.5 Å². The molecule has 6 heteroatoms. The van der Waals surface area contributed by atoms with E-state index in [-0.39, 0.29) is 16.1 Å². The quantitative estimate of drug-likeness (QED) is 0.802. The Labute approximate surface area is 100 Å². The van der Waals surface area contributed by atoms with E-state index in [0.717, 1.165) is 18.9 Å². The van der Waals surface area contributed by atoms with E-state index < -0.39 is 15.8 Å². The maximum Gasteiger partial charge on any atom is 0.241 e. The average Bonchev–Trinajstić information content (AvgIpc) is 3.04. The van der Waals surface area contributed by atoms with Gasteiger partial charge in [0.15, 0.2) is 0 Å². The Morgan fingerprint density at radius 3 is 2.71 bits per heavy atom. The molecule has 0 radical (unpaired) electrons. The Hall–Kier alpha value is -1.14. The predicted octanol–water partition coefficient (Wildman–Crippen LogP) is 1.40. The molecule has 0 bridgehead atoms. The molecule has 4 nitrogen and oxygen atoms in total. The monoisotopic (exact) mass is 258 g/mol. The minimum Gasteiger partial charge on any atom is -0.399 e. The summed E-state index contributed by atoms with van der Waals surface area (Å²) in [7, 11) is -3.66. The topological polar surface area (TPSA) is 72.2 Å². The predicted molar refractivity (Wildman–Crippen MR) is 63.5 cm³/mol. The average molecular weight is 258 g/mol. The second kappa shape index (κ2) is 4.27. The van der Waals surface area contributed by atoms with E-state index >= 15 is 0 Å². The molecule has 0 saturated heterocycles. The molecule has 0 atom stereocenters. The highest BCUT2D eigenvalue weighted by molar-refractivity contribution is 7.89.